The van der Waals surface area contributed by atoms with Gasteiger partial charge in [0.2, 0.25) is 0 Å². The van der Waals surface area contributed by atoms with Gasteiger partial charge in [0.05, 0.1) is 0 Å². The van der Waals surface area contributed by atoms with Gasteiger partial charge in [0.1, 0.15) is 5.75 Å². The van der Waals surface area contributed by atoms with Gasteiger partial charge in [0.15, 0.2) is 0 Å². The summed E-state index contributed by atoms with van der Waals surface area (Å²) in [5.41, 5.74) is 3.55. The zero-order valence-corrected chi connectivity index (χ0v) is 14.2. The van der Waals surface area contributed by atoms with Gasteiger partial charge in [-0.25, -0.2) is 0 Å². The van der Waals surface area contributed by atoms with E-state index in [4.69, 9.17) is 0 Å². The Morgan fingerprint density at radius 1 is 1.07 bits per heavy atom. The van der Waals surface area contributed by atoms with Gasteiger partial charge in [0, 0.05) is 29.2 Å². The lowest BCUT2D eigenvalue weighted by Gasteiger charge is -2.11. The zero-order chi connectivity index (χ0) is 19.4. The molecule has 1 heterocycles. The van der Waals surface area contributed by atoms with E-state index in [1.807, 2.05) is 25.1 Å². The number of aromatic nitrogens is 1. The molecule has 0 saturated heterocycles. The molecule has 27 heavy (non-hydrogen) atoms. The molecule has 0 radical (unpaired) electrons. The van der Waals surface area contributed by atoms with Crippen molar-refractivity contribution in [1.29, 1.82) is 0 Å². The molecule has 3 aromatic rings. The molecule has 1 amide bonds. The van der Waals surface area contributed by atoms with Crippen LogP contribution < -0.4 is 10.1 Å². The Hall–Kier alpha value is -3.35. The van der Waals surface area contributed by atoms with Gasteiger partial charge in [-0.2, -0.15) is 0 Å². The summed E-state index contributed by atoms with van der Waals surface area (Å²) in [7, 11) is 0. The van der Waals surface area contributed by atoms with E-state index in [0.717, 1.165) is 28.8 Å². The number of halogens is 3. The first-order valence-corrected chi connectivity index (χ1v) is 8.00. The quantitative estimate of drug-likeness (QED) is 0.684. The predicted molar refractivity (Wildman–Crippen MR) is 95.5 cm³/mol. The number of nitrogens with one attached hydrogen (secondary N) is 1. The molecule has 0 unspecified atom stereocenters. The maximum absolute atomic E-state index is 12.5. The van der Waals surface area contributed by atoms with Crippen molar-refractivity contribution in [1.82, 2.24) is 4.98 Å². The molecule has 1 aromatic heterocycles. The minimum absolute atomic E-state index is 0.352. The first-order chi connectivity index (χ1) is 12.8. The summed E-state index contributed by atoms with van der Waals surface area (Å²) >= 11 is 0. The minimum Gasteiger partial charge on any atom is -0.406 e. The summed E-state index contributed by atoms with van der Waals surface area (Å²) in [6, 6.07) is 13.9. The SMILES string of the molecule is Cc1ccc(C(=O)Nc2ccc(OC(F)(F)F)cc2)cc1-c1cccnc1. The molecule has 0 spiro atoms. The molecular formula is C20H15F3N2O2. The summed E-state index contributed by atoms with van der Waals surface area (Å²) in [4.78, 5) is 16.6. The van der Waals surface area contributed by atoms with Crippen molar-refractivity contribution < 1.29 is 22.7 Å². The molecule has 0 bridgehead atoms. The van der Waals surface area contributed by atoms with E-state index < -0.39 is 6.36 Å². The highest BCUT2D eigenvalue weighted by Gasteiger charge is 2.30. The van der Waals surface area contributed by atoms with E-state index in [9.17, 15) is 18.0 Å². The normalized spacial score (nSPS) is 11.1. The van der Waals surface area contributed by atoms with Crippen LogP contribution in [0.5, 0.6) is 5.75 Å². The minimum atomic E-state index is -4.75. The zero-order valence-electron chi connectivity index (χ0n) is 14.2. The van der Waals surface area contributed by atoms with Crippen LogP contribution in [-0.4, -0.2) is 17.3 Å². The Morgan fingerprint density at radius 3 is 2.44 bits per heavy atom. The monoisotopic (exact) mass is 372 g/mol. The fraction of sp³-hybridized carbons (Fsp3) is 0.100. The van der Waals surface area contributed by atoms with Crippen molar-refractivity contribution in [2.75, 3.05) is 5.32 Å². The number of amides is 1. The fourth-order valence-corrected chi connectivity index (χ4v) is 2.54. The number of pyridine rings is 1. The molecule has 0 aliphatic heterocycles. The Kier molecular flexibility index (Phi) is 5.12. The van der Waals surface area contributed by atoms with Crippen LogP contribution in [0.4, 0.5) is 18.9 Å². The van der Waals surface area contributed by atoms with Crippen LogP contribution >= 0.6 is 0 Å². The van der Waals surface area contributed by atoms with E-state index in [1.165, 1.54) is 12.1 Å². The maximum Gasteiger partial charge on any atom is 0.573 e. The molecule has 0 aliphatic rings. The van der Waals surface area contributed by atoms with Crippen LogP contribution in [0.3, 0.4) is 0 Å². The Balaban J connectivity index is 1.77. The van der Waals surface area contributed by atoms with Crippen molar-refractivity contribution in [3.05, 3.63) is 78.1 Å². The van der Waals surface area contributed by atoms with Crippen molar-refractivity contribution in [3.63, 3.8) is 0 Å². The van der Waals surface area contributed by atoms with E-state index in [1.54, 1.807) is 24.5 Å². The second-order valence-electron chi connectivity index (χ2n) is 5.80. The smallest absolute Gasteiger partial charge is 0.406 e. The topological polar surface area (TPSA) is 51.2 Å². The van der Waals surface area contributed by atoms with Crippen LogP contribution in [0, 0.1) is 6.92 Å². The summed E-state index contributed by atoms with van der Waals surface area (Å²) < 4.78 is 40.4. The number of aryl methyl sites for hydroxylation is 1. The lowest BCUT2D eigenvalue weighted by molar-refractivity contribution is -0.274. The van der Waals surface area contributed by atoms with E-state index in [-0.39, 0.29) is 11.7 Å². The van der Waals surface area contributed by atoms with Crippen LogP contribution in [0.25, 0.3) is 11.1 Å². The van der Waals surface area contributed by atoms with Crippen molar-refractivity contribution in [2.45, 2.75) is 13.3 Å². The van der Waals surface area contributed by atoms with Gasteiger partial charge in [-0.15, -0.1) is 13.2 Å². The Morgan fingerprint density at radius 2 is 1.81 bits per heavy atom. The number of ether oxygens (including phenoxy) is 1. The van der Waals surface area contributed by atoms with Crippen LogP contribution in [0.1, 0.15) is 15.9 Å². The van der Waals surface area contributed by atoms with Crippen molar-refractivity contribution in [3.8, 4) is 16.9 Å². The molecule has 7 heteroatoms. The number of alkyl halides is 3. The van der Waals surface area contributed by atoms with Crippen LogP contribution in [0.2, 0.25) is 0 Å². The lowest BCUT2D eigenvalue weighted by Crippen LogP contribution is -2.17. The van der Waals surface area contributed by atoms with Gasteiger partial charge in [0.25, 0.3) is 5.91 Å². The molecule has 0 atom stereocenters. The number of rotatable bonds is 4. The molecule has 1 N–H and O–H groups in total. The summed E-state index contributed by atoms with van der Waals surface area (Å²) in [6.45, 7) is 1.93. The number of hydrogen-bond donors (Lipinski definition) is 1. The largest absolute Gasteiger partial charge is 0.573 e. The molecule has 2 aromatic carbocycles. The second-order valence-corrected chi connectivity index (χ2v) is 5.80. The summed E-state index contributed by atoms with van der Waals surface area (Å²) in [5, 5.41) is 2.66. The van der Waals surface area contributed by atoms with Gasteiger partial charge >= 0.3 is 6.36 Å². The highest BCUT2D eigenvalue weighted by molar-refractivity contribution is 6.05. The first kappa shape index (κ1) is 18.4. The molecule has 3 rings (SSSR count). The summed E-state index contributed by atoms with van der Waals surface area (Å²) in [6.07, 6.45) is -1.37. The van der Waals surface area contributed by atoms with E-state index >= 15 is 0 Å². The van der Waals surface area contributed by atoms with E-state index in [2.05, 4.69) is 15.0 Å². The molecule has 0 saturated carbocycles. The Bertz CT molecular complexity index is 940. The van der Waals surface area contributed by atoms with Gasteiger partial charge in [-0.1, -0.05) is 12.1 Å². The van der Waals surface area contributed by atoms with Gasteiger partial charge in [-0.3, -0.25) is 9.78 Å². The van der Waals surface area contributed by atoms with Crippen molar-refractivity contribution >= 4 is 11.6 Å². The lowest BCUT2D eigenvalue weighted by atomic mass is 9.99. The number of carbonyl (C=O) groups excluding carboxylic acids is 1. The van der Waals surface area contributed by atoms with Crippen LogP contribution in [0.15, 0.2) is 67.0 Å². The third kappa shape index (κ3) is 4.84. The standard InChI is InChI=1S/C20H15F3N2O2/c1-13-4-5-14(11-18(13)15-3-2-10-24-12-15)19(26)25-16-6-8-17(9-7-16)27-20(21,22)23/h2-12H,1H3,(H,25,26). The first-order valence-electron chi connectivity index (χ1n) is 8.00. The summed E-state index contributed by atoms with van der Waals surface area (Å²) in [5.74, 6) is -0.723. The third-order valence-electron chi connectivity index (χ3n) is 3.82. The highest BCUT2D eigenvalue weighted by atomic mass is 19.4. The highest BCUT2D eigenvalue weighted by Crippen LogP contribution is 2.26. The number of anilines is 1. The fourth-order valence-electron chi connectivity index (χ4n) is 2.54. The molecule has 0 fully saturated rings. The Labute approximate surface area is 153 Å². The number of nitrogens with zero attached hydrogens (tertiary/aromatic N) is 1. The second kappa shape index (κ2) is 7.49. The molecule has 138 valence electrons. The molecule has 0 aliphatic carbocycles. The van der Waals surface area contributed by atoms with Gasteiger partial charge < -0.3 is 10.1 Å². The number of hydrogen-bond acceptors (Lipinski definition) is 3. The predicted octanol–water partition coefficient (Wildman–Crippen LogP) is 5.21. The van der Waals surface area contributed by atoms with Crippen LogP contribution in [-0.2, 0) is 0 Å². The average Bonchev–Trinajstić information content (AvgIpc) is 2.63. The van der Waals surface area contributed by atoms with Crippen molar-refractivity contribution in [2.24, 2.45) is 0 Å². The third-order valence-corrected chi connectivity index (χ3v) is 3.82. The van der Waals surface area contributed by atoms with Gasteiger partial charge in [-0.05, 0) is 60.5 Å². The number of benzene rings is 2. The van der Waals surface area contributed by atoms with E-state index in [0.29, 0.717) is 11.3 Å². The maximum atomic E-state index is 12.5. The molecule has 4 nitrogen and oxygen atoms in total. The number of carbonyl (C=O) groups is 1. The average molecular weight is 372 g/mol. The molecular weight excluding hydrogens is 357 g/mol.